The molecule has 1 saturated heterocycles. The molecule has 3 aromatic carbocycles. The quantitative estimate of drug-likeness (QED) is 0.367. The number of benzene rings is 3. The van der Waals surface area contributed by atoms with Gasteiger partial charge in [0.15, 0.2) is 0 Å². The maximum absolute atomic E-state index is 11.2. The number of aliphatic carboxylic acids is 1. The highest BCUT2D eigenvalue weighted by molar-refractivity contribution is 6.07. The second kappa shape index (κ2) is 9.82. The molecule has 0 bridgehead atoms. The number of carboxylic acids is 1. The number of likely N-dealkylation sites (tertiary alicyclic amines) is 1. The largest absolute Gasteiger partial charge is 0.496 e. The fraction of sp³-hybridized carbons (Fsp3) is 0.310. The lowest BCUT2D eigenvalue weighted by molar-refractivity contribution is -0.136. The van der Waals surface area contributed by atoms with E-state index in [0.29, 0.717) is 6.42 Å². The standard InChI is InChI=1S/C29H30N2O3/c1-34-26-13-12-23-21(19-31-17-3-2-4-18-31)15-16-30-29(23)28(26)25-10-6-8-22-20(11-14-27(32)33)7-5-9-24(22)25/h5-10,12-13,15-16H,2-4,11,14,17-19H2,1H3,(H,32,33). The van der Waals surface area contributed by atoms with E-state index in [-0.39, 0.29) is 6.42 Å². The second-order valence-electron chi connectivity index (χ2n) is 9.06. The summed E-state index contributed by atoms with van der Waals surface area (Å²) >= 11 is 0. The fourth-order valence-corrected chi connectivity index (χ4v) is 5.24. The number of fused-ring (bicyclic) bond motifs is 2. The predicted molar refractivity (Wildman–Crippen MR) is 136 cm³/mol. The van der Waals surface area contributed by atoms with Gasteiger partial charge in [-0.15, -0.1) is 0 Å². The van der Waals surface area contributed by atoms with Crippen LogP contribution in [0.25, 0.3) is 32.8 Å². The Kier molecular flexibility index (Phi) is 6.45. The number of hydrogen-bond donors (Lipinski definition) is 1. The van der Waals surface area contributed by atoms with E-state index in [2.05, 4.69) is 35.2 Å². The molecule has 0 spiro atoms. The summed E-state index contributed by atoms with van der Waals surface area (Å²) in [5.74, 6) is 0.00729. The van der Waals surface area contributed by atoms with Gasteiger partial charge in [-0.25, -0.2) is 0 Å². The highest BCUT2D eigenvalue weighted by atomic mass is 16.5. The van der Waals surface area contributed by atoms with Crippen molar-refractivity contribution in [3.63, 3.8) is 0 Å². The van der Waals surface area contributed by atoms with E-state index in [0.717, 1.165) is 63.7 Å². The third-order valence-corrected chi connectivity index (χ3v) is 6.92. The molecule has 34 heavy (non-hydrogen) atoms. The highest BCUT2D eigenvalue weighted by Gasteiger charge is 2.18. The van der Waals surface area contributed by atoms with E-state index in [9.17, 15) is 9.90 Å². The molecule has 5 nitrogen and oxygen atoms in total. The Bertz CT molecular complexity index is 1340. The minimum absolute atomic E-state index is 0.113. The number of ether oxygens (including phenoxy) is 1. The first kappa shape index (κ1) is 22.4. The van der Waals surface area contributed by atoms with Crippen LogP contribution in [0.1, 0.15) is 36.8 Å². The molecule has 0 saturated carbocycles. The Morgan fingerprint density at radius 3 is 2.53 bits per heavy atom. The van der Waals surface area contributed by atoms with Crippen molar-refractivity contribution in [1.29, 1.82) is 0 Å². The number of rotatable bonds is 7. The van der Waals surface area contributed by atoms with Gasteiger partial charge in [-0.1, -0.05) is 42.8 Å². The van der Waals surface area contributed by atoms with Crippen LogP contribution < -0.4 is 4.74 Å². The number of hydrogen-bond acceptors (Lipinski definition) is 4. The third kappa shape index (κ3) is 4.36. The van der Waals surface area contributed by atoms with Crippen molar-refractivity contribution in [1.82, 2.24) is 9.88 Å². The van der Waals surface area contributed by atoms with Crippen molar-refractivity contribution in [3.05, 3.63) is 71.9 Å². The van der Waals surface area contributed by atoms with E-state index in [4.69, 9.17) is 9.72 Å². The van der Waals surface area contributed by atoms with E-state index in [1.807, 2.05) is 30.5 Å². The molecule has 1 aliphatic rings. The van der Waals surface area contributed by atoms with Crippen molar-refractivity contribution in [2.75, 3.05) is 20.2 Å². The van der Waals surface area contributed by atoms with Crippen LogP contribution in [0.5, 0.6) is 5.75 Å². The minimum Gasteiger partial charge on any atom is -0.496 e. The first-order chi connectivity index (χ1) is 16.7. The molecule has 1 aliphatic heterocycles. The fourth-order valence-electron chi connectivity index (χ4n) is 5.24. The van der Waals surface area contributed by atoms with E-state index in [1.165, 1.54) is 24.8 Å². The van der Waals surface area contributed by atoms with Crippen LogP contribution in [0.15, 0.2) is 60.8 Å². The van der Waals surface area contributed by atoms with Crippen LogP contribution in [-0.2, 0) is 17.8 Å². The summed E-state index contributed by atoms with van der Waals surface area (Å²) in [6, 6.07) is 18.7. The Balaban J connectivity index is 1.66. The molecule has 1 N–H and O–H groups in total. The molecular weight excluding hydrogens is 424 g/mol. The molecule has 0 aliphatic carbocycles. The lowest BCUT2D eigenvalue weighted by Crippen LogP contribution is -2.29. The molecule has 0 atom stereocenters. The van der Waals surface area contributed by atoms with Gasteiger partial charge in [0.1, 0.15) is 5.75 Å². The van der Waals surface area contributed by atoms with Gasteiger partial charge in [-0.3, -0.25) is 14.7 Å². The molecule has 1 aromatic heterocycles. The summed E-state index contributed by atoms with van der Waals surface area (Å²) in [6.45, 7) is 3.23. The van der Waals surface area contributed by atoms with Gasteiger partial charge in [-0.2, -0.15) is 0 Å². The van der Waals surface area contributed by atoms with Gasteiger partial charge in [-0.05, 0) is 78.0 Å². The zero-order valence-corrected chi connectivity index (χ0v) is 19.6. The average Bonchev–Trinajstić information content (AvgIpc) is 2.87. The van der Waals surface area contributed by atoms with Crippen molar-refractivity contribution in [3.8, 4) is 16.9 Å². The maximum atomic E-state index is 11.2. The molecule has 1 fully saturated rings. The van der Waals surface area contributed by atoms with Gasteiger partial charge < -0.3 is 9.84 Å². The first-order valence-corrected chi connectivity index (χ1v) is 12.1. The van der Waals surface area contributed by atoms with E-state index in [1.54, 1.807) is 7.11 Å². The summed E-state index contributed by atoms with van der Waals surface area (Å²) in [6.07, 6.45) is 6.38. The second-order valence-corrected chi connectivity index (χ2v) is 9.06. The van der Waals surface area contributed by atoms with Crippen LogP contribution in [0.4, 0.5) is 0 Å². The lowest BCUT2D eigenvalue weighted by Gasteiger charge is -2.27. The van der Waals surface area contributed by atoms with Crippen molar-refractivity contribution >= 4 is 27.6 Å². The zero-order valence-electron chi connectivity index (χ0n) is 19.6. The number of pyridine rings is 1. The SMILES string of the molecule is COc1ccc2c(CN3CCCCC3)ccnc2c1-c1cccc2c(CCC(=O)O)cccc12. The number of carboxylic acid groups (broad SMARTS) is 1. The monoisotopic (exact) mass is 454 g/mol. The van der Waals surface area contributed by atoms with Crippen LogP contribution >= 0.6 is 0 Å². The third-order valence-electron chi connectivity index (χ3n) is 6.92. The number of aryl methyl sites for hydroxylation is 1. The summed E-state index contributed by atoms with van der Waals surface area (Å²) in [4.78, 5) is 18.5. The minimum atomic E-state index is -0.783. The Hall–Kier alpha value is -3.44. The van der Waals surface area contributed by atoms with Gasteiger partial charge in [0.2, 0.25) is 0 Å². The molecule has 0 amide bonds. The predicted octanol–water partition coefficient (Wildman–Crippen LogP) is 6.07. The van der Waals surface area contributed by atoms with Crippen molar-refractivity contribution in [2.24, 2.45) is 0 Å². The number of methoxy groups -OCH3 is 1. The topological polar surface area (TPSA) is 62.7 Å². The molecule has 5 heteroatoms. The van der Waals surface area contributed by atoms with Crippen LogP contribution in [0, 0.1) is 0 Å². The molecule has 0 radical (unpaired) electrons. The molecule has 5 rings (SSSR count). The highest BCUT2D eigenvalue weighted by Crippen LogP contribution is 2.41. The normalized spacial score (nSPS) is 14.5. The lowest BCUT2D eigenvalue weighted by atomic mass is 9.91. The molecular formula is C29H30N2O3. The van der Waals surface area contributed by atoms with Gasteiger partial charge in [0, 0.05) is 24.5 Å². The first-order valence-electron chi connectivity index (χ1n) is 12.1. The van der Waals surface area contributed by atoms with Crippen molar-refractivity contribution in [2.45, 2.75) is 38.6 Å². The van der Waals surface area contributed by atoms with Gasteiger partial charge in [0.05, 0.1) is 18.2 Å². The number of carbonyl (C=O) groups is 1. The number of piperidine rings is 1. The number of nitrogens with zero attached hydrogens (tertiary/aromatic N) is 2. The Morgan fingerprint density at radius 2 is 1.74 bits per heavy atom. The summed E-state index contributed by atoms with van der Waals surface area (Å²) in [5.41, 5.74) is 5.32. The van der Waals surface area contributed by atoms with Gasteiger partial charge >= 0.3 is 5.97 Å². The number of aromatic nitrogens is 1. The van der Waals surface area contributed by atoms with Gasteiger partial charge in [0.25, 0.3) is 0 Å². The van der Waals surface area contributed by atoms with Crippen LogP contribution in [0.2, 0.25) is 0 Å². The zero-order chi connectivity index (χ0) is 23.5. The maximum Gasteiger partial charge on any atom is 0.303 e. The molecule has 4 aromatic rings. The summed E-state index contributed by atoms with van der Waals surface area (Å²) < 4.78 is 5.83. The van der Waals surface area contributed by atoms with E-state index >= 15 is 0 Å². The van der Waals surface area contributed by atoms with E-state index < -0.39 is 5.97 Å². The Labute approximate surface area is 200 Å². The molecule has 2 heterocycles. The van der Waals surface area contributed by atoms with Crippen LogP contribution in [-0.4, -0.2) is 41.2 Å². The smallest absolute Gasteiger partial charge is 0.303 e. The van der Waals surface area contributed by atoms with Crippen molar-refractivity contribution < 1.29 is 14.6 Å². The van der Waals surface area contributed by atoms with Crippen LogP contribution in [0.3, 0.4) is 0 Å². The molecule has 0 unspecified atom stereocenters. The summed E-state index contributed by atoms with van der Waals surface area (Å²) in [7, 11) is 1.70. The Morgan fingerprint density at radius 1 is 0.941 bits per heavy atom. The average molecular weight is 455 g/mol. The summed E-state index contributed by atoms with van der Waals surface area (Å²) in [5, 5.41) is 12.5. The molecule has 174 valence electrons.